The second-order valence-electron chi connectivity index (χ2n) is 2.85. The van der Waals surface area contributed by atoms with Crippen LogP contribution in [0.25, 0.3) is 11.0 Å². The smallest absolute Gasteiger partial charge is 0.270 e. The second kappa shape index (κ2) is 2.34. The number of rotatable bonds is 0. The highest BCUT2D eigenvalue weighted by atomic mass is 16.5. The van der Waals surface area contributed by atoms with Crippen LogP contribution in [-0.2, 0) is 0 Å². The van der Waals surface area contributed by atoms with Crippen molar-refractivity contribution in [2.45, 2.75) is 0 Å². The van der Waals surface area contributed by atoms with E-state index in [1.807, 2.05) is 0 Å². The van der Waals surface area contributed by atoms with Gasteiger partial charge in [-0.05, 0) is 0 Å². The molecule has 0 spiro atoms. The molecule has 0 aliphatic carbocycles. The van der Waals surface area contributed by atoms with E-state index in [2.05, 4.69) is 0 Å². The van der Waals surface area contributed by atoms with Crippen molar-refractivity contribution in [3.63, 3.8) is 0 Å². The Hall–Kier alpha value is -2.31. The highest BCUT2D eigenvalue weighted by Crippen LogP contribution is 2.24. The lowest BCUT2D eigenvalue weighted by Crippen LogP contribution is -2.21. The van der Waals surface area contributed by atoms with Gasteiger partial charge in [-0.1, -0.05) is 0 Å². The van der Waals surface area contributed by atoms with Gasteiger partial charge in [-0.3, -0.25) is 5.41 Å². The molecule has 0 amide bonds. The summed E-state index contributed by atoms with van der Waals surface area (Å²) >= 11 is 0. The summed E-state index contributed by atoms with van der Waals surface area (Å²) in [6, 6.07) is 2.41. The minimum absolute atomic E-state index is 0.0648. The summed E-state index contributed by atoms with van der Waals surface area (Å²) in [6.07, 6.45) is 0. The van der Waals surface area contributed by atoms with Crippen LogP contribution in [0, 0.1) is 5.41 Å². The van der Waals surface area contributed by atoms with E-state index in [4.69, 9.17) is 11.1 Å². The van der Waals surface area contributed by atoms with Gasteiger partial charge in [0.15, 0.2) is 0 Å². The maximum atomic E-state index is 9.34. The van der Waals surface area contributed by atoms with Crippen LogP contribution in [0.15, 0.2) is 12.1 Å². The third kappa shape index (κ3) is 0.830. The molecule has 0 saturated carbocycles. The number of imidazole rings is 1. The first-order valence-electron chi connectivity index (χ1n) is 3.71. The molecule has 0 radical (unpaired) electrons. The SMILES string of the molecule is N=c1n(O)c2cc(O)cc(N)c2n1O. The Balaban J connectivity index is 3.10. The highest BCUT2D eigenvalue weighted by molar-refractivity contribution is 5.88. The first-order chi connectivity index (χ1) is 6.52. The Morgan fingerprint density at radius 2 is 1.86 bits per heavy atom. The van der Waals surface area contributed by atoms with Gasteiger partial charge in [0.25, 0.3) is 5.62 Å². The fourth-order valence-corrected chi connectivity index (χ4v) is 1.33. The Kier molecular flexibility index (Phi) is 1.39. The Morgan fingerprint density at radius 1 is 1.21 bits per heavy atom. The zero-order valence-electron chi connectivity index (χ0n) is 6.97. The van der Waals surface area contributed by atoms with Gasteiger partial charge < -0.3 is 21.3 Å². The summed E-state index contributed by atoms with van der Waals surface area (Å²) in [5.41, 5.74) is 5.16. The number of phenols is 1. The zero-order chi connectivity index (χ0) is 10.5. The highest BCUT2D eigenvalue weighted by Gasteiger charge is 2.13. The van der Waals surface area contributed by atoms with Crippen LogP contribution in [0.5, 0.6) is 5.75 Å². The molecule has 7 heteroatoms. The van der Waals surface area contributed by atoms with Crippen LogP contribution >= 0.6 is 0 Å². The molecule has 1 aromatic heterocycles. The molecule has 0 bridgehead atoms. The van der Waals surface area contributed by atoms with Gasteiger partial charge in [0, 0.05) is 12.1 Å². The van der Waals surface area contributed by atoms with Gasteiger partial charge in [-0.15, -0.1) is 9.46 Å². The first-order valence-corrected chi connectivity index (χ1v) is 3.71. The normalized spacial score (nSPS) is 10.9. The molecule has 0 atom stereocenters. The number of anilines is 1. The molecule has 1 aromatic carbocycles. The van der Waals surface area contributed by atoms with Gasteiger partial charge in [0.1, 0.15) is 16.8 Å². The molecule has 0 unspecified atom stereocenters. The molecule has 0 saturated heterocycles. The van der Waals surface area contributed by atoms with Crippen LogP contribution in [0.3, 0.4) is 0 Å². The monoisotopic (exact) mass is 196 g/mol. The predicted octanol–water partition coefficient (Wildman–Crippen LogP) is -0.315. The van der Waals surface area contributed by atoms with E-state index >= 15 is 0 Å². The lowest BCUT2D eigenvalue weighted by Gasteiger charge is -1.99. The number of nitrogens with two attached hydrogens (primary N) is 1. The lowest BCUT2D eigenvalue weighted by atomic mass is 10.2. The molecule has 0 aliphatic heterocycles. The summed E-state index contributed by atoms with van der Waals surface area (Å²) in [6.45, 7) is 0. The molecule has 2 aromatic rings. The number of aromatic nitrogens is 2. The largest absolute Gasteiger partial charge is 0.508 e. The van der Waals surface area contributed by atoms with Gasteiger partial charge in [-0.25, -0.2) is 0 Å². The summed E-state index contributed by atoms with van der Waals surface area (Å²) in [4.78, 5) is 0. The van der Waals surface area contributed by atoms with Crippen molar-refractivity contribution < 1.29 is 15.5 Å². The summed E-state index contributed by atoms with van der Waals surface area (Å²) in [7, 11) is 0. The number of nitrogens with zero attached hydrogens (tertiary/aromatic N) is 2. The molecule has 74 valence electrons. The predicted molar refractivity (Wildman–Crippen MR) is 46.2 cm³/mol. The van der Waals surface area contributed by atoms with Crippen LogP contribution in [0.2, 0.25) is 0 Å². The van der Waals surface area contributed by atoms with Crippen molar-refractivity contribution >= 4 is 16.7 Å². The summed E-state index contributed by atoms with van der Waals surface area (Å²) in [5, 5.41) is 35.1. The van der Waals surface area contributed by atoms with E-state index in [9.17, 15) is 15.5 Å². The average Bonchev–Trinajstić information content (AvgIpc) is 2.31. The number of nitrogen functional groups attached to an aromatic ring is 1. The molecule has 0 fully saturated rings. The molecular formula is C7H8N4O3. The van der Waals surface area contributed by atoms with Gasteiger partial charge in [0.2, 0.25) is 0 Å². The minimum Gasteiger partial charge on any atom is -0.508 e. The maximum Gasteiger partial charge on any atom is 0.270 e. The zero-order valence-corrected chi connectivity index (χ0v) is 6.97. The molecule has 2 rings (SSSR count). The minimum atomic E-state index is -0.544. The maximum absolute atomic E-state index is 9.34. The molecule has 14 heavy (non-hydrogen) atoms. The van der Waals surface area contributed by atoms with Gasteiger partial charge >= 0.3 is 0 Å². The van der Waals surface area contributed by atoms with Crippen molar-refractivity contribution in [2.24, 2.45) is 0 Å². The van der Waals surface area contributed by atoms with Gasteiger partial charge in [0.05, 0.1) is 5.69 Å². The van der Waals surface area contributed by atoms with E-state index in [1.54, 1.807) is 0 Å². The topological polar surface area (TPSA) is 120 Å². The third-order valence-corrected chi connectivity index (χ3v) is 1.95. The standard InChI is InChI=1S/C7H8N4O3/c8-4-1-3(12)2-5-6(4)11(14)7(9)10(5)13/h1-2,9,12-14H,8H2. The molecule has 0 aliphatic rings. The van der Waals surface area contributed by atoms with Crippen LogP contribution in [0.1, 0.15) is 0 Å². The number of aromatic hydroxyl groups is 1. The molecule has 7 nitrogen and oxygen atoms in total. The summed E-state index contributed by atoms with van der Waals surface area (Å²) < 4.78 is 0.857. The number of hydrogen-bond donors (Lipinski definition) is 5. The Bertz CT molecular complexity index is 568. The van der Waals surface area contributed by atoms with Crippen molar-refractivity contribution in [3.8, 4) is 5.75 Å². The molecule has 6 N–H and O–H groups in total. The number of benzene rings is 1. The number of hydrogen-bond acceptors (Lipinski definition) is 5. The third-order valence-electron chi connectivity index (χ3n) is 1.95. The van der Waals surface area contributed by atoms with Crippen molar-refractivity contribution in [1.82, 2.24) is 9.46 Å². The Morgan fingerprint density at radius 3 is 2.50 bits per heavy atom. The quantitative estimate of drug-likeness (QED) is 0.293. The number of nitrogens with one attached hydrogen (secondary N) is 1. The fraction of sp³-hybridized carbons (Fsp3) is 0. The van der Waals surface area contributed by atoms with Gasteiger partial charge in [-0.2, -0.15) is 0 Å². The number of phenolic OH excluding ortho intramolecular Hbond substituents is 1. The summed E-state index contributed by atoms with van der Waals surface area (Å²) in [5.74, 6) is -0.150. The van der Waals surface area contributed by atoms with E-state index in [0.717, 1.165) is 0 Å². The van der Waals surface area contributed by atoms with Crippen LogP contribution in [0.4, 0.5) is 5.69 Å². The van der Waals surface area contributed by atoms with Crippen LogP contribution < -0.4 is 11.4 Å². The first kappa shape index (κ1) is 8.30. The Labute approximate surface area is 77.3 Å². The van der Waals surface area contributed by atoms with Crippen molar-refractivity contribution in [1.29, 1.82) is 5.41 Å². The van der Waals surface area contributed by atoms with E-state index in [-0.39, 0.29) is 22.5 Å². The number of fused-ring (bicyclic) bond motifs is 1. The van der Waals surface area contributed by atoms with Crippen LogP contribution in [-0.4, -0.2) is 25.0 Å². The second-order valence-corrected chi connectivity index (χ2v) is 2.85. The molecule has 1 heterocycles. The average molecular weight is 196 g/mol. The van der Waals surface area contributed by atoms with E-state index < -0.39 is 5.62 Å². The molecular weight excluding hydrogens is 188 g/mol. The lowest BCUT2D eigenvalue weighted by molar-refractivity contribution is 0.130. The van der Waals surface area contributed by atoms with E-state index in [1.165, 1.54) is 12.1 Å². The van der Waals surface area contributed by atoms with E-state index in [0.29, 0.717) is 9.46 Å². The fourth-order valence-electron chi connectivity index (χ4n) is 1.33. The van der Waals surface area contributed by atoms with Crippen molar-refractivity contribution in [3.05, 3.63) is 17.8 Å². The van der Waals surface area contributed by atoms with Crippen molar-refractivity contribution in [2.75, 3.05) is 5.73 Å².